The first-order valence-corrected chi connectivity index (χ1v) is 8.14. The van der Waals surface area contributed by atoms with Crippen LogP contribution in [0.5, 0.6) is 0 Å². The van der Waals surface area contributed by atoms with Crippen molar-refractivity contribution in [3.63, 3.8) is 0 Å². The number of imidazole rings is 1. The lowest BCUT2D eigenvalue weighted by atomic mass is 10.2. The van der Waals surface area contributed by atoms with Gasteiger partial charge in [0.15, 0.2) is 5.69 Å². The maximum Gasteiger partial charge on any atom is 0.294 e. The van der Waals surface area contributed by atoms with Gasteiger partial charge in [0.25, 0.3) is 5.91 Å². The van der Waals surface area contributed by atoms with Gasteiger partial charge in [0.1, 0.15) is 17.8 Å². The first kappa shape index (κ1) is 16.6. The molecule has 0 aliphatic heterocycles. The van der Waals surface area contributed by atoms with Crippen molar-refractivity contribution in [2.24, 2.45) is 0 Å². The highest BCUT2D eigenvalue weighted by Gasteiger charge is 2.17. The van der Waals surface area contributed by atoms with E-state index in [2.05, 4.69) is 15.5 Å². The number of carbonyl (C=O) groups is 1. The number of aryl methyl sites for hydroxylation is 1. The van der Waals surface area contributed by atoms with Crippen LogP contribution < -0.4 is 10.9 Å². The number of carbonyl (C=O) groups excluding carboxylic acids is 1. The summed E-state index contributed by atoms with van der Waals surface area (Å²) in [6, 6.07) is 14.5. The maximum atomic E-state index is 14.1. The van der Waals surface area contributed by atoms with Crippen LogP contribution in [-0.2, 0) is 0 Å². The molecule has 8 heteroatoms. The molecule has 0 saturated heterocycles. The van der Waals surface area contributed by atoms with E-state index in [0.717, 1.165) is 0 Å². The van der Waals surface area contributed by atoms with Crippen LogP contribution in [0.2, 0.25) is 0 Å². The number of halogens is 1. The molecule has 2 aromatic carbocycles. The Bertz CT molecular complexity index is 1230. The highest BCUT2D eigenvalue weighted by molar-refractivity contribution is 5.99. The highest BCUT2D eigenvalue weighted by Crippen LogP contribution is 2.13. The zero-order valence-corrected chi connectivity index (χ0v) is 14.3. The van der Waals surface area contributed by atoms with Gasteiger partial charge in [-0.25, -0.2) is 18.7 Å². The molecule has 0 unspecified atom stereocenters. The second-order valence-corrected chi connectivity index (χ2v) is 5.91. The number of hydrogen-bond acceptors (Lipinski definition) is 4. The Hall–Kier alpha value is -3.81. The molecule has 2 heterocycles. The number of para-hydroxylation sites is 3. The lowest BCUT2D eigenvalue weighted by Gasteiger charge is -2.12. The Kier molecular flexibility index (Phi) is 4.00. The van der Waals surface area contributed by atoms with Gasteiger partial charge >= 0.3 is 0 Å². The molecule has 7 nitrogen and oxygen atoms in total. The van der Waals surface area contributed by atoms with Gasteiger partial charge < -0.3 is 0 Å². The molecule has 27 heavy (non-hydrogen) atoms. The lowest BCUT2D eigenvalue weighted by Crippen LogP contribution is -2.31. The minimum Gasteiger partial charge on any atom is -0.287 e. The van der Waals surface area contributed by atoms with E-state index in [0.29, 0.717) is 16.7 Å². The molecule has 1 N–H and O–H groups in total. The number of fused-ring (bicyclic) bond motifs is 1. The molecular weight excluding hydrogens is 349 g/mol. The second-order valence-electron chi connectivity index (χ2n) is 5.91. The van der Waals surface area contributed by atoms with Gasteiger partial charge in [-0.1, -0.05) is 24.3 Å². The summed E-state index contributed by atoms with van der Waals surface area (Å²) >= 11 is 0. The Balaban J connectivity index is 1.75. The predicted octanol–water partition coefficient (Wildman–Crippen LogP) is 2.41. The highest BCUT2D eigenvalue weighted by atomic mass is 19.1. The first-order valence-electron chi connectivity index (χ1n) is 8.14. The van der Waals surface area contributed by atoms with E-state index in [1.165, 1.54) is 33.9 Å². The number of amides is 1. The van der Waals surface area contributed by atoms with Gasteiger partial charge in [-0.05, 0) is 31.2 Å². The van der Waals surface area contributed by atoms with Crippen molar-refractivity contribution < 1.29 is 9.18 Å². The quantitative estimate of drug-likeness (QED) is 0.606. The Labute approximate surface area is 152 Å². The zero-order valence-electron chi connectivity index (χ0n) is 14.3. The van der Waals surface area contributed by atoms with Crippen molar-refractivity contribution in [1.82, 2.24) is 19.4 Å². The number of hydrogen-bond donors (Lipinski definition) is 1. The summed E-state index contributed by atoms with van der Waals surface area (Å²) in [7, 11) is 0. The fourth-order valence-electron chi connectivity index (χ4n) is 2.78. The van der Waals surface area contributed by atoms with E-state index in [1.807, 2.05) is 12.1 Å². The number of aromatic nitrogens is 4. The normalized spacial score (nSPS) is 10.9. The molecule has 0 aliphatic carbocycles. The van der Waals surface area contributed by atoms with Gasteiger partial charge in [-0.15, -0.1) is 0 Å². The fraction of sp³-hybridized carbons (Fsp3) is 0.0526. The number of nitrogens with zero attached hydrogens (tertiary/aromatic N) is 4. The van der Waals surface area contributed by atoms with E-state index >= 15 is 0 Å². The average Bonchev–Trinajstić information content (AvgIpc) is 3.06. The minimum absolute atomic E-state index is 0.150. The van der Waals surface area contributed by atoms with Crippen molar-refractivity contribution >= 4 is 16.9 Å². The smallest absolute Gasteiger partial charge is 0.287 e. The van der Waals surface area contributed by atoms with Crippen LogP contribution in [0.1, 0.15) is 16.2 Å². The standard InChI is InChI=1S/C19H14FN5O2/c1-12-10-17(26)18(22-25(12)15-8-4-2-6-13(15)20)19(27)23-24-11-21-14-7-3-5-9-16(14)24/h2-11H,1H3,(H,23,27). The molecular formula is C19H14FN5O2. The molecule has 0 atom stereocenters. The number of nitrogens with one attached hydrogen (secondary N) is 1. The van der Waals surface area contributed by atoms with Gasteiger partial charge in [0.05, 0.1) is 11.0 Å². The predicted molar refractivity (Wildman–Crippen MR) is 98.0 cm³/mol. The van der Waals surface area contributed by atoms with Crippen molar-refractivity contribution in [3.05, 3.63) is 88.4 Å². The van der Waals surface area contributed by atoms with E-state index < -0.39 is 17.2 Å². The van der Waals surface area contributed by atoms with Gasteiger partial charge in [-0.3, -0.25) is 15.0 Å². The van der Waals surface area contributed by atoms with E-state index in [4.69, 9.17) is 0 Å². The summed E-state index contributed by atoms with van der Waals surface area (Å²) in [6.45, 7) is 1.62. The zero-order chi connectivity index (χ0) is 19.0. The fourth-order valence-corrected chi connectivity index (χ4v) is 2.78. The third-order valence-electron chi connectivity index (χ3n) is 4.08. The first-order chi connectivity index (χ1) is 13.0. The van der Waals surface area contributed by atoms with E-state index in [1.54, 1.807) is 31.2 Å². The van der Waals surface area contributed by atoms with Gasteiger partial charge in [0, 0.05) is 11.8 Å². The van der Waals surface area contributed by atoms with Crippen LogP contribution in [0, 0.1) is 12.7 Å². The molecule has 0 saturated carbocycles. The number of rotatable bonds is 3. The molecule has 0 radical (unpaired) electrons. The average molecular weight is 363 g/mol. The molecule has 0 bridgehead atoms. The minimum atomic E-state index is -0.715. The summed E-state index contributed by atoms with van der Waals surface area (Å²) in [5, 5.41) is 4.08. The van der Waals surface area contributed by atoms with Crippen molar-refractivity contribution in [2.45, 2.75) is 6.92 Å². The second kappa shape index (κ2) is 6.49. The summed E-state index contributed by atoms with van der Waals surface area (Å²) < 4.78 is 16.8. The Morgan fingerprint density at radius 2 is 1.85 bits per heavy atom. The molecule has 1 amide bonds. The van der Waals surface area contributed by atoms with Gasteiger partial charge in [0.2, 0.25) is 5.43 Å². The lowest BCUT2D eigenvalue weighted by molar-refractivity contribution is 0.100. The van der Waals surface area contributed by atoms with E-state index in [-0.39, 0.29) is 11.4 Å². The van der Waals surface area contributed by atoms with Crippen LogP contribution in [0.15, 0.2) is 65.7 Å². The molecule has 2 aromatic heterocycles. The van der Waals surface area contributed by atoms with Crippen LogP contribution >= 0.6 is 0 Å². The Morgan fingerprint density at radius 3 is 2.67 bits per heavy atom. The third-order valence-corrected chi connectivity index (χ3v) is 4.08. The molecule has 0 aliphatic rings. The van der Waals surface area contributed by atoms with Crippen LogP contribution in [-0.4, -0.2) is 25.3 Å². The van der Waals surface area contributed by atoms with Crippen molar-refractivity contribution in [2.75, 3.05) is 5.43 Å². The summed E-state index contributed by atoms with van der Waals surface area (Å²) in [5.41, 5.74) is 3.61. The summed E-state index contributed by atoms with van der Waals surface area (Å²) in [5.74, 6) is -1.23. The SMILES string of the molecule is Cc1cc(=O)c(C(=O)Nn2cnc3ccccc32)nn1-c1ccccc1F. The molecule has 4 aromatic rings. The monoisotopic (exact) mass is 363 g/mol. The van der Waals surface area contributed by atoms with E-state index in [9.17, 15) is 14.0 Å². The van der Waals surface area contributed by atoms with Gasteiger partial charge in [-0.2, -0.15) is 5.10 Å². The number of benzene rings is 2. The maximum absolute atomic E-state index is 14.1. The molecule has 134 valence electrons. The summed E-state index contributed by atoms with van der Waals surface area (Å²) in [6.07, 6.45) is 1.44. The topological polar surface area (TPSA) is 81.8 Å². The molecule has 4 rings (SSSR count). The van der Waals surface area contributed by atoms with Crippen molar-refractivity contribution in [3.8, 4) is 5.69 Å². The van der Waals surface area contributed by atoms with Crippen LogP contribution in [0.25, 0.3) is 16.7 Å². The Morgan fingerprint density at radius 1 is 1.11 bits per heavy atom. The third kappa shape index (κ3) is 2.97. The van der Waals surface area contributed by atoms with Crippen LogP contribution in [0.3, 0.4) is 0 Å². The largest absolute Gasteiger partial charge is 0.294 e. The van der Waals surface area contributed by atoms with Crippen LogP contribution in [0.4, 0.5) is 4.39 Å². The summed E-state index contributed by atoms with van der Waals surface area (Å²) in [4.78, 5) is 29.1. The van der Waals surface area contributed by atoms with Crippen molar-refractivity contribution in [1.29, 1.82) is 0 Å². The molecule has 0 spiro atoms. The molecule has 0 fully saturated rings.